The van der Waals surface area contributed by atoms with Crippen LogP contribution in [0.2, 0.25) is 5.02 Å². The van der Waals surface area contributed by atoms with Crippen molar-refractivity contribution in [1.82, 2.24) is 0 Å². The van der Waals surface area contributed by atoms with Crippen LogP contribution in [0.15, 0.2) is 36.4 Å². The van der Waals surface area contributed by atoms with E-state index < -0.39 is 16.7 Å². The molecule has 0 fully saturated rings. The summed E-state index contributed by atoms with van der Waals surface area (Å²) < 4.78 is 49.1. The van der Waals surface area contributed by atoms with Crippen molar-refractivity contribution in [1.29, 1.82) is 0 Å². The molecule has 0 aliphatic carbocycles. The first-order valence-electron chi connectivity index (χ1n) is 8.87. The zero-order valence-electron chi connectivity index (χ0n) is 15.6. The van der Waals surface area contributed by atoms with Crippen LogP contribution in [0, 0.1) is 10.1 Å². The van der Waals surface area contributed by atoms with Crippen molar-refractivity contribution < 1.29 is 27.6 Å². The maximum Gasteiger partial charge on any atom is 0.416 e. The van der Waals surface area contributed by atoms with Gasteiger partial charge in [-0.05, 0) is 30.7 Å². The Kier molecular flexibility index (Phi) is 8.10. The molecule has 0 atom stereocenters. The molecule has 0 aliphatic heterocycles. The normalized spacial score (nSPS) is 11.3. The first-order valence-corrected chi connectivity index (χ1v) is 9.24. The Bertz CT molecular complexity index is 847. The third-order valence-corrected chi connectivity index (χ3v) is 4.15. The van der Waals surface area contributed by atoms with Gasteiger partial charge in [-0.2, -0.15) is 13.2 Å². The molecule has 0 saturated heterocycles. The molecule has 0 radical (unpaired) electrons. The van der Waals surface area contributed by atoms with E-state index in [1.165, 1.54) is 18.2 Å². The molecule has 0 bridgehead atoms. The lowest BCUT2D eigenvalue weighted by atomic mass is 10.2. The molecule has 6 nitrogen and oxygen atoms in total. The minimum atomic E-state index is -4.52. The van der Waals surface area contributed by atoms with Gasteiger partial charge in [0.1, 0.15) is 17.2 Å². The summed E-state index contributed by atoms with van der Waals surface area (Å²) in [7, 11) is 0. The predicted molar refractivity (Wildman–Crippen MR) is 104 cm³/mol. The summed E-state index contributed by atoms with van der Waals surface area (Å²) in [6.07, 6.45) is -2.59. The number of hydrogen-bond donors (Lipinski definition) is 1. The smallest absolute Gasteiger partial charge is 0.416 e. The van der Waals surface area contributed by atoms with Gasteiger partial charge in [-0.1, -0.05) is 24.9 Å². The average molecular weight is 433 g/mol. The van der Waals surface area contributed by atoms with Gasteiger partial charge in [0, 0.05) is 25.3 Å². The maximum absolute atomic E-state index is 12.7. The summed E-state index contributed by atoms with van der Waals surface area (Å²) >= 11 is 5.89. The first-order chi connectivity index (χ1) is 13.7. The topological polar surface area (TPSA) is 73.6 Å². The minimum Gasteiger partial charge on any atom is -0.456 e. The molecule has 0 unspecified atom stereocenters. The molecule has 2 rings (SSSR count). The van der Waals surface area contributed by atoms with Crippen molar-refractivity contribution in [3.05, 3.63) is 57.1 Å². The highest BCUT2D eigenvalue weighted by molar-refractivity contribution is 6.32. The summed E-state index contributed by atoms with van der Waals surface area (Å²) in [4.78, 5) is 10.7. The summed E-state index contributed by atoms with van der Waals surface area (Å²) in [5, 5.41) is 13.9. The Morgan fingerprint density at radius 2 is 1.93 bits per heavy atom. The molecule has 0 amide bonds. The second kappa shape index (κ2) is 10.3. The van der Waals surface area contributed by atoms with Crippen molar-refractivity contribution in [2.75, 3.05) is 25.1 Å². The van der Waals surface area contributed by atoms with E-state index in [-0.39, 0.29) is 27.9 Å². The number of nitrogens with one attached hydrogen (secondary N) is 1. The molecular formula is C19H20ClF3N2O4. The molecule has 0 aliphatic rings. The molecule has 0 aromatic heterocycles. The van der Waals surface area contributed by atoms with Gasteiger partial charge in [-0.15, -0.1) is 0 Å². The lowest BCUT2D eigenvalue weighted by Crippen LogP contribution is -2.11. The van der Waals surface area contributed by atoms with Gasteiger partial charge in [0.25, 0.3) is 5.69 Å². The number of nitrogens with zero attached hydrogens (tertiary/aromatic N) is 1. The molecule has 2 aromatic carbocycles. The number of nitro groups is 1. The Morgan fingerprint density at radius 3 is 2.55 bits per heavy atom. The molecule has 10 heteroatoms. The third kappa shape index (κ3) is 6.79. The lowest BCUT2D eigenvalue weighted by Gasteiger charge is -2.13. The number of benzene rings is 2. The second-order valence-electron chi connectivity index (χ2n) is 6.07. The van der Waals surface area contributed by atoms with Crippen molar-refractivity contribution in [2.45, 2.75) is 25.9 Å². The summed E-state index contributed by atoms with van der Waals surface area (Å²) in [6.45, 7) is 3.36. The zero-order chi connectivity index (χ0) is 21.4. The quantitative estimate of drug-likeness (QED) is 0.271. The van der Waals surface area contributed by atoms with Crippen LogP contribution in [0.1, 0.15) is 25.3 Å². The van der Waals surface area contributed by atoms with E-state index in [0.717, 1.165) is 31.0 Å². The molecule has 158 valence electrons. The Labute approximate surface area is 170 Å². The van der Waals surface area contributed by atoms with Gasteiger partial charge in [0.05, 0.1) is 22.1 Å². The highest BCUT2D eigenvalue weighted by Crippen LogP contribution is 2.37. The van der Waals surface area contributed by atoms with Crippen LogP contribution in [-0.4, -0.2) is 24.7 Å². The van der Waals surface area contributed by atoms with Crippen LogP contribution in [-0.2, 0) is 10.9 Å². The van der Waals surface area contributed by atoms with Crippen molar-refractivity contribution >= 4 is 23.0 Å². The van der Waals surface area contributed by atoms with E-state index in [9.17, 15) is 23.3 Å². The fraction of sp³-hybridized carbons (Fsp3) is 0.368. The number of hydrogen-bond acceptors (Lipinski definition) is 5. The molecule has 29 heavy (non-hydrogen) atoms. The van der Waals surface area contributed by atoms with E-state index >= 15 is 0 Å². The van der Waals surface area contributed by atoms with Gasteiger partial charge in [-0.25, -0.2) is 0 Å². The molecule has 0 heterocycles. The Morgan fingerprint density at radius 1 is 1.17 bits per heavy atom. The summed E-state index contributed by atoms with van der Waals surface area (Å²) in [6, 6.07) is 6.68. The van der Waals surface area contributed by atoms with E-state index in [1.807, 2.05) is 6.92 Å². The van der Waals surface area contributed by atoms with Gasteiger partial charge in [0.15, 0.2) is 0 Å². The number of rotatable bonds is 10. The molecule has 2 aromatic rings. The van der Waals surface area contributed by atoms with Crippen LogP contribution in [0.3, 0.4) is 0 Å². The average Bonchev–Trinajstić information content (AvgIpc) is 2.65. The fourth-order valence-corrected chi connectivity index (χ4v) is 2.59. The number of alkyl halides is 3. The second-order valence-corrected chi connectivity index (χ2v) is 6.48. The van der Waals surface area contributed by atoms with Crippen LogP contribution >= 0.6 is 11.6 Å². The first kappa shape index (κ1) is 22.8. The Hall–Kier alpha value is -2.52. The van der Waals surface area contributed by atoms with Gasteiger partial charge < -0.3 is 14.8 Å². The summed E-state index contributed by atoms with van der Waals surface area (Å²) in [5.41, 5.74) is -0.858. The number of unbranched alkanes of at least 4 members (excludes halogenated alkanes) is 1. The maximum atomic E-state index is 12.7. The lowest BCUT2D eigenvalue weighted by molar-refractivity contribution is -0.384. The molecule has 0 saturated carbocycles. The molecule has 0 spiro atoms. The van der Waals surface area contributed by atoms with Gasteiger partial charge in [-0.3, -0.25) is 10.1 Å². The monoisotopic (exact) mass is 432 g/mol. The van der Waals surface area contributed by atoms with E-state index in [2.05, 4.69) is 5.32 Å². The number of nitro benzene ring substituents is 1. The number of anilines is 1. The fourth-order valence-electron chi connectivity index (χ4n) is 2.37. The predicted octanol–water partition coefficient (Wildman–Crippen LogP) is 6.29. The third-order valence-electron chi connectivity index (χ3n) is 3.86. The SMILES string of the molecule is CCCCOCCNc1cc(Oc2ccc(C(F)(F)F)cc2Cl)ccc1[N+](=O)[O-]. The minimum absolute atomic E-state index is 0.00219. The van der Waals surface area contributed by atoms with Crippen LogP contribution < -0.4 is 10.1 Å². The Balaban J connectivity index is 2.12. The van der Waals surface area contributed by atoms with Crippen LogP contribution in [0.25, 0.3) is 0 Å². The highest BCUT2D eigenvalue weighted by Gasteiger charge is 2.31. The zero-order valence-corrected chi connectivity index (χ0v) is 16.3. The van der Waals surface area contributed by atoms with Crippen molar-refractivity contribution in [3.63, 3.8) is 0 Å². The molecular weight excluding hydrogens is 413 g/mol. The van der Waals surface area contributed by atoms with Gasteiger partial charge >= 0.3 is 6.18 Å². The highest BCUT2D eigenvalue weighted by atomic mass is 35.5. The van der Waals surface area contributed by atoms with Gasteiger partial charge in [0.2, 0.25) is 0 Å². The van der Waals surface area contributed by atoms with E-state index in [1.54, 1.807) is 0 Å². The van der Waals surface area contributed by atoms with E-state index in [4.69, 9.17) is 21.1 Å². The van der Waals surface area contributed by atoms with Crippen LogP contribution in [0.5, 0.6) is 11.5 Å². The summed E-state index contributed by atoms with van der Waals surface area (Å²) in [5.74, 6) is 0.189. The number of halogens is 4. The van der Waals surface area contributed by atoms with Crippen molar-refractivity contribution in [3.8, 4) is 11.5 Å². The van der Waals surface area contributed by atoms with E-state index in [0.29, 0.717) is 19.8 Å². The largest absolute Gasteiger partial charge is 0.456 e. The number of ether oxygens (including phenoxy) is 2. The molecule has 1 N–H and O–H groups in total. The van der Waals surface area contributed by atoms with Crippen LogP contribution in [0.4, 0.5) is 24.5 Å². The standard InChI is InChI=1S/C19H20ClF3N2O4/c1-2-3-9-28-10-8-24-16-12-14(5-6-17(16)25(26)27)29-18-7-4-13(11-15(18)20)19(21,22)23/h4-7,11-12,24H,2-3,8-10H2,1H3. The van der Waals surface area contributed by atoms with Crippen molar-refractivity contribution in [2.24, 2.45) is 0 Å².